The summed E-state index contributed by atoms with van der Waals surface area (Å²) in [6, 6.07) is 0. The second-order valence-electron chi connectivity index (χ2n) is 2.72. The van der Waals surface area contributed by atoms with Gasteiger partial charge in [-0.15, -0.1) is 22.7 Å². The number of carbonyl (C=O) groups excluding carboxylic acids is 1. The molecule has 0 fully saturated rings. The Bertz CT molecular complexity index is 472. The minimum absolute atomic E-state index is 0.288. The SMILES string of the molecule is CCOC(=O)c1csc2scc(N)c12. The summed E-state index contributed by atoms with van der Waals surface area (Å²) in [4.78, 5) is 11.5. The summed E-state index contributed by atoms with van der Waals surface area (Å²) in [6.07, 6.45) is 0. The topological polar surface area (TPSA) is 52.3 Å². The minimum atomic E-state index is -0.288. The molecule has 2 N–H and O–H groups in total. The van der Waals surface area contributed by atoms with E-state index in [4.69, 9.17) is 10.5 Å². The molecule has 2 heterocycles. The van der Waals surface area contributed by atoms with Crippen LogP contribution < -0.4 is 5.73 Å². The van der Waals surface area contributed by atoms with Gasteiger partial charge in [0.15, 0.2) is 0 Å². The molecule has 2 aromatic heterocycles. The van der Waals surface area contributed by atoms with Crippen molar-refractivity contribution in [1.29, 1.82) is 0 Å². The number of anilines is 1. The first-order valence-corrected chi connectivity index (χ1v) is 5.91. The molecule has 14 heavy (non-hydrogen) atoms. The summed E-state index contributed by atoms with van der Waals surface area (Å²) in [5.74, 6) is -0.288. The van der Waals surface area contributed by atoms with Gasteiger partial charge in [0.1, 0.15) is 0 Å². The van der Waals surface area contributed by atoms with Crippen molar-refractivity contribution in [2.45, 2.75) is 6.92 Å². The number of fused-ring (bicyclic) bond motifs is 1. The van der Waals surface area contributed by atoms with Crippen LogP contribution in [0.5, 0.6) is 0 Å². The fraction of sp³-hybridized carbons (Fsp3) is 0.222. The lowest BCUT2D eigenvalue weighted by Crippen LogP contribution is -2.03. The van der Waals surface area contributed by atoms with Crippen LogP contribution in [0.4, 0.5) is 5.69 Å². The van der Waals surface area contributed by atoms with Gasteiger partial charge in [-0.25, -0.2) is 4.79 Å². The average molecular weight is 227 g/mol. The summed E-state index contributed by atoms with van der Waals surface area (Å²) < 4.78 is 6.01. The van der Waals surface area contributed by atoms with Crippen LogP contribution in [-0.2, 0) is 4.74 Å². The zero-order chi connectivity index (χ0) is 10.1. The minimum Gasteiger partial charge on any atom is -0.462 e. The maximum atomic E-state index is 11.5. The quantitative estimate of drug-likeness (QED) is 0.802. The van der Waals surface area contributed by atoms with E-state index in [-0.39, 0.29) is 5.97 Å². The second kappa shape index (κ2) is 3.59. The molecule has 74 valence electrons. The standard InChI is InChI=1S/C9H9NO2S2/c1-2-12-8(11)5-3-13-9-7(5)6(10)4-14-9/h3-4H,2,10H2,1H3. The summed E-state index contributed by atoms with van der Waals surface area (Å²) in [6.45, 7) is 2.18. The molecule has 2 aromatic rings. The highest BCUT2D eigenvalue weighted by molar-refractivity contribution is 7.37. The molecule has 5 heteroatoms. The van der Waals surface area contributed by atoms with Crippen molar-refractivity contribution >= 4 is 43.7 Å². The van der Waals surface area contributed by atoms with Gasteiger partial charge in [-0.2, -0.15) is 0 Å². The van der Waals surface area contributed by atoms with Crippen molar-refractivity contribution in [3.05, 3.63) is 16.3 Å². The second-order valence-corrected chi connectivity index (χ2v) is 4.74. The first-order chi connectivity index (χ1) is 6.74. The molecule has 0 amide bonds. The molecule has 0 bridgehead atoms. The molecule has 0 spiro atoms. The van der Waals surface area contributed by atoms with Crippen molar-refractivity contribution in [2.75, 3.05) is 12.3 Å². The molecule has 0 aliphatic heterocycles. The predicted molar refractivity (Wildman–Crippen MR) is 60.1 cm³/mol. The predicted octanol–water partition coefficient (Wildman–Crippen LogP) is 2.72. The third-order valence-electron chi connectivity index (χ3n) is 1.83. The molecular formula is C9H9NO2S2. The van der Waals surface area contributed by atoms with Gasteiger partial charge < -0.3 is 10.5 Å². The van der Waals surface area contributed by atoms with Crippen molar-refractivity contribution in [1.82, 2.24) is 0 Å². The Labute approximate surface area is 89.1 Å². The largest absolute Gasteiger partial charge is 0.462 e. The maximum Gasteiger partial charge on any atom is 0.339 e. The Morgan fingerprint density at radius 3 is 2.93 bits per heavy atom. The highest BCUT2D eigenvalue weighted by Crippen LogP contribution is 2.36. The summed E-state index contributed by atoms with van der Waals surface area (Å²) >= 11 is 3.08. The van der Waals surface area contributed by atoms with Crippen molar-refractivity contribution in [2.24, 2.45) is 0 Å². The molecule has 0 unspecified atom stereocenters. The highest BCUT2D eigenvalue weighted by atomic mass is 32.2. The molecule has 0 aliphatic rings. The van der Waals surface area contributed by atoms with Crippen LogP contribution >= 0.6 is 22.7 Å². The zero-order valence-corrected chi connectivity index (χ0v) is 9.21. The van der Waals surface area contributed by atoms with Crippen molar-refractivity contribution in [3.8, 4) is 0 Å². The van der Waals surface area contributed by atoms with Gasteiger partial charge in [0.25, 0.3) is 0 Å². The van der Waals surface area contributed by atoms with E-state index in [0.29, 0.717) is 17.9 Å². The van der Waals surface area contributed by atoms with Crippen LogP contribution in [-0.4, -0.2) is 12.6 Å². The molecule has 0 atom stereocenters. The van der Waals surface area contributed by atoms with Crippen LogP contribution in [0.3, 0.4) is 0 Å². The summed E-state index contributed by atoms with van der Waals surface area (Å²) in [7, 11) is 0. The van der Waals surface area contributed by atoms with E-state index in [2.05, 4.69) is 0 Å². The van der Waals surface area contributed by atoms with E-state index in [9.17, 15) is 4.79 Å². The Kier molecular flexibility index (Phi) is 2.43. The molecule has 0 saturated heterocycles. The van der Waals surface area contributed by atoms with E-state index >= 15 is 0 Å². The van der Waals surface area contributed by atoms with Crippen molar-refractivity contribution in [3.63, 3.8) is 0 Å². The van der Waals surface area contributed by atoms with E-state index in [1.165, 1.54) is 11.3 Å². The number of rotatable bonds is 2. The van der Waals surface area contributed by atoms with E-state index in [1.807, 2.05) is 5.38 Å². The molecule has 0 saturated carbocycles. The number of nitrogen functional groups attached to an aromatic ring is 1. The first kappa shape index (κ1) is 9.48. The number of hydrogen-bond acceptors (Lipinski definition) is 5. The van der Waals surface area contributed by atoms with Crippen LogP contribution in [0.25, 0.3) is 9.40 Å². The molecule has 0 aromatic carbocycles. The highest BCUT2D eigenvalue weighted by Gasteiger charge is 2.16. The Hall–Kier alpha value is -1.07. The Morgan fingerprint density at radius 2 is 2.21 bits per heavy atom. The smallest absolute Gasteiger partial charge is 0.339 e. The molecule has 0 aliphatic carbocycles. The number of nitrogens with two attached hydrogens (primary N) is 1. The fourth-order valence-electron chi connectivity index (χ4n) is 1.24. The summed E-state index contributed by atoms with van der Waals surface area (Å²) in [5, 5.41) is 4.50. The van der Waals surface area contributed by atoms with Crippen molar-refractivity contribution < 1.29 is 9.53 Å². The van der Waals surface area contributed by atoms with Crippen LogP contribution in [0.1, 0.15) is 17.3 Å². The third kappa shape index (κ3) is 1.38. The number of hydrogen-bond donors (Lipinski definition) is 1. The third-order valence-corrected chi connectivity index (χ3v) is 3.97. The van der Waals surface area contributed by atoms with Crippen LogP contribution in [0, 0.1) is 0 Å². The summed E-state index contributed by atoms with van der Waals surface area (Å²) in [5.41, 5.74) is 7.01. The van der Waals surface area contributed by atoms with Gasteiger partial charge in [0.2, 0.25) is 0 Å². The molecule has 2 rings (SSSR count). The lowest BCUT2D eigenvalue weighted by molar-refractivity contribution is 0.0529. The van der Waals surface area contributed by atoms with E-state index < -0.39 is 0 Å². The van der Waals surface area contributed by atoms with E-state index in [1.54, 1.807) is 23.6 Å². The Morgan fingerprint density at radius 1 is 1.50 bits per heavy atom. The monoisotopic (exact) mass is 227 g/mol. The van der Waals surface area contributed by atoms with Gasteiger partial charge in [0.05, 0.1) is 21.9 Å². The number of esters is 1. The lowest BCUT2D eigenvalue weighted by Gasteiger charge is -1.98. The van der Waals surface area contributed by atoms with E-state index in [0.717, 1.165) is 9.40 Å². The first-order valence-electron chi connectivity index (χ1n) is 4.15. The van der Waals surface area contributed by atoms with Crippen LogP contribution in [0.2, 0.25) is 0 Å². The number of thiophene rings is 2. The van der Waals surface area contributed by atoms with Gasteiger partial charge in [-0.3, -0.25) is 0 Å². The molecule has 0 radical (unpaired) electrons. The van der Waals surface area contributed by atoms with Gasteiger partial charge >= 0.3 is 5.97 Å². The van der Waals surface area contributed by atoms with Gasteiger partial charge in [-0.1, -0.05) is 0 Å². The zero-order valence-electron chi connectivity index (χ0n) is 7.57. The molecule has 3 nitrogen and oxygen atoms in total. The van der Waals surface area contributed by atoms with Crippen LogP contribution in [0.15, 0.2) is 10.8 Å². The molecular weight excluding hydrogens is 218 g/mol. The lowest BCUT2D eigenvalue weighted by atomic mass is 10.2. The average Bonchev–Trinajstić information content (AvgIpc) is 2.70. The number of carbonyl (C=O) groups is 1. The normalized spacial score (nSPS) is 10.6. The van der Waals surface area contributed by atoms with Gasteiger partial charge in [-0.05, 0) is 6.92 Å². The van der Waals surface area contributed by atoms with Gasteiger partial charge in [0, 0.05) is 16.1 Å². The fourth-order valence-corrected chi connectivity index (χ4v) is 3.23. The maximum absolute atomic E-state index is 11.5. The Balaban J connectivity index is 2.51. The number of ether oxygens (including phenoxy) is 1.